The minimum Gasteiger partial charge on any atom is -0.276 e. The lowest BCUT2D eigenvalue weighted by Gasteiger charge is -2.32. The molecule has 1 aromatic heterocycles. The Bertz CT molecular complexity index is 1110. The molecule has 1 unspecified atom stereocenters. The highest BCUT2D eigenvalue weighted by Gasteiger charge is 2.32. The van der Waals surface area contributed by atoms with E-state index < -0.39 is 10.0 Å². The Kier molecular flexibility index (Phi) is 4.91. The third-order valence-corrected chi connectivity index (χ3v) is 6.64. The molecule has 1 aliphatic heterocycles. The Balaban J connectivity index is 1.65. The van der Waals surface area contributed by atoms with Gasteiger partial charge in [-0.25, -0.2) is 8.42 Å². The number of hydrogen-bond acceptors (Lipinski definition) is 3. The zero-order valence-corrected chi connectivity index (χ0v) is 16.8. The van der Waals surface area contributed by atoms with E-state index in [1.807, 2.05) is 68.8 Å². The molecule has 6 heteroatoms. The summed E-state index contributed by atoms with van der Waals surface area (Å²) in [5.74, 6) is -0.0267. The molecule has 0 radical (unpaired) electrons. The van der Waals surface area contributed by atoms with Crippen molar-refractivity contribution in [2.45, 2.75) is 19.4 Å². The van der Waals surface area contributed by atoms with Crippen LogP contribution in [-0.2, 0) is 23.6 Å². The summed E-state index contributed by atoms with van der Waals surface area (Å²) in [5, 5.41) is 5.58. The van der Waals surface area contributed by atoms with Crippen LogP contribution in [0.15, 0.2) is 66.3 Å². The first kappa shape index (κ1) is 18.7. The van der Waals surface area contributed by atoms with E-state index in [2.05, 4.69) is 11.2 Å². The van der Waals surface area contributed by atoms with E-state index in [1.54, 1.807) is 15.1 Å². The highest BCUT2D eigenvalue weighted by Crippen LogP contribution is 2.34. The van der Waals surface area contributed by atoms with Gasteiger partial charge in [0, 0.05) is 37.7 Å². The molecular formula is C22H23N3O2S. The van der Waals surface area contributed by atoms with E-state index in [1.165, 1.54) is 11.0 Å². The molecule has 0 fully saturated rings. The molecule has 144 valence electrons. The van der Waals surface area contributed by atoms with Crippen molar-refractivity contribution in [1.29, 1.82) is 0 Å². The van der Waals surface area contributed by atoms with Gasteiger partial charge in [-0.15, -0.1) is 0 Å². The second-order valence-electron chi connectivity index (χ2n) is 7.25. The Labute approximate surface area is 166 Å². The molecule has 1 atom stereocenters. The summed E-state index contributed by atoms with van der Waals surface area (Å²) in [5.41, 5.74) is 5.25. The third-order valence-electron chi connectivity index (χ3n) is 5.16. The lowest BCUT2D eigenvalue weighted by molar-refractivity contribution is 0.377. The van der Waals surface area contributed by atoms with Gasteiger partial charge >= 0.3 is 0 Å². The first-order valence-electron chi connectivity index (χ1n) is 9.23. The number of sulfonamides is 1. The van der Waals surface area contributed by atoms with E-state index in [-0.39, 0.29) is 5.92 Å². The average molecular weight is 394 g/mol. The van der Waals surface area contributed by atoms with Gasteiger partial charge < -0.3 is 0 Å². The molecule has 0 spiro atoms. The van der Waals surface area contributed by atoms with E-state index in [4.69, 9.17) is 0 Å². The van der Waals surface area contributed by atoms with E-state index in [0.717, 1.165) is 22.3 Å². The molecule has 2 heterocycles. The van der Waals surface area contributed by atoms with Crippen molar-refractivity contribution in [2.75, 3.05) is 6.54 Å². The molecule has 0 bridgehead atoms. The Morgan fingerprint density at radius 3 is 2.57 bits per heavy atom. The second kappa shape index (κ2) is 7.37. The lowest BCUT2D eigenvalue weighted by Crippen LogP contribution is -2.37. The normalized spacial score (nSPS) is 17.7. The van der Waals surface area contributed by atoms with E-state index in [9.17, 15) is 8.42 Å². The number of nitrogens with zero attached hydrogens (tertiary/aromatic N) is 3. The molecule has 0 N–H and O–H groups in total. The summed E-state index contributed by atoms with van der Waals surface area (Å²) in [6.07, 6.45) is 5.44. The quantitative estimate of drug-likeness (QED) is 0.679. The number of aromatic nitrogens is 2. The van der Waals surface area contributed by atoms with Gasteiger partial charge in [0.15, 0.2) is 0 Å². The maximum atomic E-state index is 13.0. The smallest absolute Gasteiger partial charge is 0.236 e. The zero-order valence-electron chi connectivity index (χ0n) is 16.0. The largest absolute Gasteiger partial charge is 0.276 e. The van der Waals surface area contributed by atoms with Crippen LogP contribution in [0.2, 0.25) is 0 Å². The highest BCUT2D eigenvalue weighted by molar-refractivity contribution is 7.92. The van der Waals surface area contributed by atoms with Gasteiger partial charge in [0.1, 0.15) is 0 Å². The molecule has 0 aliphatic carbocycles. The predicted octanol–water partition coefficient (Wildman–Crippen LogP) is 3.68. The van der Waals surface area contributed by atoms with Gasteiger partial charge in [-0.2, -0.15) is 9.40 Å². The summed E-state index contributed by atoms with van der Waals surface area (Å²) >= 11 is 0. The van der Waals surface area contributed by atoms with Crippen molar-refractivity contribution >= 4 is 16.1 Å². The topological polar surface area (TPSA) is 55.2 Å². The summed E-state index contributed by atoms with van der Waals surface area (Å²) in [6, 6.07) is 15.8. The summed E-state index contributed by atoms with van der Waals surface area (Å²) in [6.45, 7) is 2.80. The number of aryl methyl sites for hydroxylation is 2. The molecule has 0 saturated heterocycles. The summed E-state index contributed by atoms with van der Waals surface area (Å²) < 4.78 is 29.4. The second-order valence-corrected chi connectivity index (χ2v) is 9.07. The lowest BCUT2D eigenvalue weighted by atomic mass is 9.87. The van der Waals surface area contributed by atoms with Gasteiger partial charge in [0.2, 0.25) is 10.0 Å². The Hall–Kier alpha value is -2.70. The summed E-state index contributed by atoms with van der Waals surface area (Å²) in [4.78, 5) is 0. The standard InChI is InChI=1S/C22H23N3O2S/c1-17-7-9-18(10-8-17)11-12-28(26,27)25-15-19-5-3-4-6-21(19)22(16-25)20-13-23-24(2)14-20/h3-14,22H,15-16H2,1-2H3/b12-11+. The maximum Gasteiger partial charge on any atom is 0.236 e. The molecule has 28 heavy (non-hydrogen) atoms. The fourth-order valence-corrected chi connectivity index (χ4v) is 4.78. The van der Waals surface area contributed by atoms with Crippen LogP contribution < -0.4 is 0 Å². The van der Waals surface area contributed by atoms with Crippen LogP contribution in [0.25, 0.3) is 6.08 Å². The number of rotatable bonds is 4. The molecule has 5 nitrogen and oxygen atoms in total. The van der Waals surface area contributed by atoms with E-state index >= 15 is 0 Å². The minimum atomic E-state index is -3.54. The van der Waals surface area contributed by atoms with Crippen molar-refractivity contribution < 1.29 is 8.42 Å². The minimum absolute atomic E-state index is 0.0267. The highest BCUT2D eigenvalue weighted by atomic mass is 32.2. The van der Waals surface area contributed by atoms with Crippen LogP contribution in [0.5, 0.6) is 0 Å². The van der Waals surface area contributed by atoms with Gasteiger partial charge in [0.05, 0.1) is 6.20 Å². The van der Waals surface area contributed by atoms with Crippen LogP contribution in [0.1, 0.15) is 33.7 Å². The molecule has 2 aromatic carbocycles. The van der Waals surface area contributed by atoms with Gasteiger partial charge in [-0.3, -0.25) is 4.68 Å². The molecule has 0 amide bonds. The SMILES string of the molecule is Cc1ccc(/C=C/S(=O)(=O)N2Cc3ccccc3C(c3cnn(C)c3)C2)cc1. The van der Waals surface area contributed by atoms with Crippen molar-refractivity contribution in [3.05, 3.63) is 94.1 Å². The number of benzene rings is 2. The van der Waals surface area contributed by atoms with Gasteiger partial charge in [-0.05, 0) is 35.3 Å². The van der Waals surface area contributed by atoms with Crippen LogP contribution in [0.4, 0.5) is 0 Å². The van der Waals surface area contributed by atoms with Crippen molar-refractivity contribution in [2.24, 2.45) is 7.05 Å². The number of hydrogen-bond donors (Lipinski definition) is 0. The van der Waals surface area contributed by atoms with Crippen LogP contribution in [0, 0.1) is 6.92 Å². The molecule has 3 aromatic rings. The van der Waals surface area contributed by atoms with Crippen molar-refractivity contribution in [1.82, 2.24) is 14.1 Å². The fourth-order valence-electron chi connectivity index (χ4n) is 3.60. The van der Waals surface area contributed by atoms with Gasteiger partial charge in [0.25, 0.3) is 0 Å². The fraction of sp³-hybridized carbons (Fsp3) is 0.227. The zero-order chi connectivity index (χ0) is 19.7. The van der Waals surface area contributed by atoms with Crippen LogP contribution in [0.3, 0.4) is 0 Å². The summed E-state index contributed by atoms with van der Waals surface area (Å²) in [7, 11) is -1.67. The molecule has 0 saturated carbocycles. The third kappa shape index (κ3) is 3.79. The van der Waals surface area contributed by atoms with Crippen molar-refractivity contribution in [3.8, 4) is 0 Å². The Morgan fingerprint density at radius 1 is 1.11 bits per heavy atom. The first-order valence-corrected chi connectivity index (χ1v) is 10.7. The number of fused-ring (bicyclic) bond motifs is 1. The molecular weight excluding hydrogens is 370 g/mol. The Morgan fingerprint density at radius 2 is 1.86 bits per heavy atom. The maximum absolute atomic E-state index is 13.0. The first-order chi connectivity index (χ1) is 13.4. The van der Waals surface area contributed by atoms with Crippen LogP contribution in [-0.4, -0.2) is 29.0 Å². The predicted molar refractivity (Wildman–Crippen MR) is 111 cm³/mol. The van der Waals surface area contributed by atoms with E-state index in [0.29, 0.717) is 13.1 Å². The van der Waals surface area contributed by atoms with Gasteiger partial charge in [-0.1, -0.05) is 54.1 Å². The molecule has 4 rings (SSSR count). The van der Waals surface area contributed by atoms with Crippen molar-refractivity contribution in [3.63, 3.8) is 0 Å². The molecule has 1 aliphatic rings. The average Bonchev–Trinajstić information content (AvgIpc) is 3.13. The van der Waals surface area contributed by atoms with Crippen LogP contribution >= 0.6 is 0 Å². The monoisotopic (exact) mass is 393 g/mol.